The van der Waals surface area contributed by atoms with Gasteiger partial charge in [0, 0.05) is 19.3 Å². The number of carbonyl (C=O) groups excluding carboxylic acids is 1. The Morgan fingerprint density at radius 2 is 2.10 bits per heavy atom. The zero-order valence-corrected chi connectivity index (χ0v) is 12.4. The van der Waals surface area contributed by atoms with Crippen LogP contribution >= 0.6 is 0 Å². The summed E-state index contributed by atoms with van der Waals surface area (Å²) in [6, 6.07) is 5.45. The third-order valence-corrected chi connectivity index (χ3v) is 3.63. The molecule has 3 rings (SSSR count). The highest BCUT2D eigenvalue weighted by molar-refractivity contribution is 5.86. The number of amides is 1. The van der Waals surface area contributed by atoms with Crippen LogP contribution in [-0.4, -0.2) is 50.4 Å². The Morgan fingerprint density at radius 3 is 2.62 bits per heavy atom. The molecular formula is C14H18N6O. The van der Waals surface area contributed by atoms with Gasteiger partial charge in [-0.05, 0) is 38.5 Å². The lowest BCUT2D eigenvalue weighted by atomic mass is 10.2. The fourth-order valence-electron chi connectivity index (χ4n) is 2.51. The van der Waals surface area contributed by atoms with Crippen LogP contribution < -0.4 is 5.32 Å². The Morgan fingerprint density at radius 1 is 1.29 bits per heavy atom. The maximum Gasteiger partial charge on any atom is 0.244 e. The molecule has 0 radical (unpaired) electrons. The van der Waals surface area contributed by atoms with E-state index >= 15 is 0 Å². The topological polar surface area (TPSA) is 75.9 Å². The monoisotopic (exact) mass is 286 g/mol. The Labute approximate surface area is 123 Å². The van der Waals surface area contributed by atoms with Gasteiger partial charge in [-0.1, -0.05) is 0 Å². The highest BCUT2D eigenvalue weighted by Crippen LogP contribution is 2.15. The molecule has 3 heterocycles. The molecule has 1 fully saturated rings. The summed E-state index contributed by atoms with van der Waals surface area (Å²) >= 11 is 0. The molecular weight excluding hydrogens is 268 g/mol. The molecule has 0 aromatic carbocycles. The second kappa shape index (κ2) is 5.16. The molecule has 7 nitrogen and oxygen atoms in total. The number of carbonyl (C=O) groups is 1. The maximum absolute atomic E-state index is 11.8. The van der Waals surface area contributed by atoms with Crippen molar-refractivity contribution in [1.82, 2.24) is 24.9 Å². The van der Waals surface area contributed by atoms with Crippen molar-refractivity contribution < 1.29 is 4.79 Å². The van der Waals surface area contributed by atoms with E-state index in [0.29, 0.717) is 11.6 Å². The number of anilines is 1. The molecule has 1 unspecified atom stereocenters. The van der Waals surface area contributed by atoms with E-state index in [2.05, 4.69) is 20.6 Å². The first kappa shape index (κ1) is 13.5. The molecule has 2 aromatic heterocycles. The zero-order chi connectivity index (χ0) is 15.0. The average Bonchev–Trinajstić information content (AvgIpc) is 2.96. The minimum atomic E-state index is -0.205. The van der Waals surface area contributed by atoms with Crippen LogP contribution in [0.1, 0.15) is 17.8 Å². The molecule has 110 valence electrons. The number of nitrogens with zero attached hydrogens (tertiary/aromatic N) is 5. The van der Waals surface area contributed by atoms with Crippen LogP contribution in [0.2, 0.25) is 0 Å². The van der Waals surface area contributed by atoms with Gasteiger partial charge in [0.2, 0.25) is 5.91 Å². The zero-order valence-electron chi connectivity index (χ0n) is 12.4. The van der Waals surface area contributed by atoms with Crippen molar-refractivity contribution in [2.75, 3.05) is 18.9 Å². The van der Waals surface area contributed by atoms with Crippen molar-refractivity contribution in [1.29, 1.82) is 0 Å². The number of rotatable bonds is 3. The molecule has 1 saturated heterocycles. The van der Waals surface area contributed by atoms with Crippen molar-refractivity contribution in [3.8, 4) is 5.82 Å². The minimum absolute atomic E-state index is 0.0967. The number of nitrogens with one attached hydrogen (secondary N) is 1. The summed E-state index contributed by atoms with van der Waals surface area (Å²) in [6.45, 7) is 4.68. The highest BCUT2D eigenvalue weighted by atomic mass is 16.2. The molecule has 7 heteroatoms. The smallest absolute Gasteiger partial charge is 0.244 e. The molecule has 1 amide bonds. The van der Waals surface area contributed by atoms with E-state index in [9.17, 15) is 4.79 Å². The molecule has 1 aliphatic rings. The van der Waals surface area contributed by atoms with Gasteiger partial charge in [0.15, 0.2) is 5.82 Å². The normalized spacial score (nSPS) is 18.3. The molecule has 1 N–H and O–H groups in total. The second-order valence-corrected chi connectivity index (χ2v) is 5.36. The Balaban J connectivity index is 1.75. The molecule has 1 aliphatic heterocycles. The van der Waals surface area contributed by atoms with Crippen LogP contribution in [0.25, 0.3) is 5.82 Å². The molecule has 21 heavy (non-hydrogen) atoms. The molecule has 2 aromatic rings. The summed E-state index contributed by atoms with van der Waals surface area (Å²) in [7, 11) is 1.81. The van der Waals surface area contributed by atoms with E-state index in [4.69, 9.17) is 0 Å². The number of likely N-dealkylation sites (N-methyl/N-ethyl adjacent to an activating group) is 1. The van der Waals surface area contributed by atoms with E-state index in [1.165, 1.54) is 0 Å². The van der Waals surface area contributed by atoms with Gasteiger partial charge in [-0.25, -0.2) is 4.68 Å². The molecule has 0 spiro atoms. The number of aromatic nitrogens is 4. The first-order valence-corrected chi connectivity index (χ1v) is 6.93. The second-order valence-electron chi connectivity index (χ2n) is 5.36. The summed E-state index contributed by atoms with van der Waals surface area (Å²) in [5, 5.41) is 15.8. The molecule has 0 saturated carbocycles. The third-order valence-electron chi connectivity index (χ3n) is 3.63. The molecule has 1 atom stereocenters. The van der Waals surface area contributed by atoms with E-state index in [1.807, 2.05) is 39.1 Å². The largest absolute Gasteiger partial charge is 0.357 e. The van der Waals surface area contributed by atoms with Crippen molar-refractivity contribution in [2.45, 2.75) is 26.3 Å². The number of likely N-dealkylation sites (tertiary alicyclic amines) is 1. The lowest BCUT2D eigenvalue weighted by Gasteiger charge is -2.12. The van der Waals surface area contributed by atoms with Gasteiger partial charge < -0.3 is 10.2 Å². The van der Waals surface area contributed by atoms with E-state index < -0.39 is 0 Å². The molecule has 0 bridgehead atoms. The van der Waals surface area contributed by atoms with Crippen LogP contribution in [0.4, 0.5) is 5.82 Å². The van der Waals surface area contributed by atoms with Gasteiger partial charge in [0.1, 0.15) is 11.9 Å². The van der Waals surface area contributed by atoms with Gasteiger partial charge in [-0.3, -0.25) is 4.79 Å². The quantitative estimate of drug-likeness (QED) is 0.908. The number of aryl methyl sites for hydroxylation is 2. The summed E-state index contributed by atoms with van der Waals surface area (Å²) in [5.41, 5.74) is 1.95. The maximum atomic E-state index is 11.8. The Hall–Kier alpha value is -2.44. The summed E-state index contributed by atoms with van der Waals surface area (Å²) < 4.78 is 1.75. The number of hydrogen-bond donors (Lipinski definition) is 1. The van der Waals surface area contributed by atoms with Crippen LogP contribution in [0.3, 0.4) is 0 Å². The summed E-state index contributed by atoms with van der Waals surface area (Å²) in [4.78, 5) is 13.6. The summed E-state index contributed by atoms with van der Waals surface area (Å²) in [5.74, 6) is 1.37. The van der Waals surface area contributed by atoms with Crippen LogP contribution in [0.15, 0.2) is 18.2 Å². The average molecular weight is 286 g/mol. The van der Waals surface area contributed by atoms with Gasteiger partial charge in [-0.2, -0.15) is 5.10 Å². The fraction of sp³-hybridized carbons (Fsp3) is 0.429. The number of hydrogen-bond acceptors (Lipinski definition) is 5. The van der Waals surface area contributed by atoms with E-state index in [-0.39, 0.29) is 11.9 Å². The van der Waals surface area contributed by atoms with Gasteiger partial charge in [0.05, 0.1) is 5.69 Å². The third kappa shape index (κ3) is 2.58. The van der Waals surface area contributed by atoms with Crippen molar-refractivity contribution in [3.05, 3.63) is 29.6 Å². The lowest BCUT2D eigenvalue weighted by Crippen LogP contribution is -2.31. The van der Waals surface area contributed by atoms with E-state index in [0.717, 1.165) is 24.4 Å². The van der Waals surface area contributed by atoms with Crippen molar-refractivity contribution in [2.24, 2.45) is 0 Å². The standard InChI is InChI=1S/C14H18N6O/c1-9-8-10(2)20(18-9)13-5-4-12(16-17-13)15-11-6-7-19(3)14(11)21/h4-5,8,11H,6-7H2,1-3H3,(H,15,16). The first-order chi connectivity index (χ1) is 10.0. The Kier molecular flexibility index (Phi) is 3.32. The van der Waals surface area contributed by atoms with Crippen LogP contribution in [-0.2, 0) is 4.79 Å². The van der Waals surface area contributed by atoms with E-state index in [1.54, 1.807) is 9.58 Å². The summed E-state index contributed by atoms with van der Waals surface area (Å²) in [6.07, 6.45) is 0.788. The van der Waals surface area contributed by atoms with Gasteiger partial charge >= 0.3 is 0 Å². The minimum Gasteiger partial charge on any atom is -0.357 e. The van der Waals surface area contributed by atoms with Crippen molar-refractivity contribution >= 4 is 11.7 Å². The highest BCUT2D eigenvalue weighted by Gasteiger charge is 2.29. The van der Waals surface area contributed by atoms with Crippen LogP contribution in [0, 0.1) is 13.8 Å². The fourth-order valence-corrected chi connectivity index (χ4v) is 2.51. The molecule has 0 aliphatic carbocycles. The predicted molar refractivity (Wildman–Crippen MR) is 78.3 cm³/mol. The predicted octanol–water partition coefficient (Wildman–Crippen LogP) is 0.922. The van der Waals surface area contributed by atoms with Crippen molar-refractivity contribution in [3.63, 3.8) is 0 Å². The SMILES string of the molecule is Cc1cc(C)n(-c2ccc(NC3CCN(C)C3=O)nn2)n1. The Bertz CT molecular complexity index is 663. The van der Waals surface area contributed by atoms with Gasteiger partial charge in [0.25, 0.3) is 0 Å². The lowest BCUT2D eigenvalue weighted by molar-refractivity contribution is -0.127. The van der Waals surface area contributed by atoms with Crippen LogP contribution in [0.5, 0.6) is 0 Å². The van der Waals surface area contributed by atoms with Gasteiger partial charge in [-0.15, -0.1) is 10.2 Å². The first-order valence-electron chi connectivity index (χ1n) is 6.93.